The van der Waals surface area contributed by atoms with Crippen molar-refractivity contribution in [3.05, 3.63) is 60.5 Å². The Morgan fingerprint density at radius 2 is 2.07 bits per heavy atom. The normalized spacial score (nSPS) is 15.5. The number of rotatable bonds is 5. The number of carbonyl (C=O) groups is 1. The van der Waals surface area contributed by atoms with Crippen molar-refractivity contribution in [2.45, 2.75) is 19.4 Å². The summed E-state index contributed by atoms with van der Waals surface area (Å²) in [6, 6.07) is 8.17. The molecule has 3 aromatic heterocycles. The molecule has 1 amide bonds. The lowest BCUT2D eigenvalue weighted by molar-refractivity contribution is -0.121. The van der Waals surface area contributed by atoms with Gasteiger partial charge in [-0.15, -0.1) is 11.3 Å². The molecule has 0 atom stereocenters. The van der Waals surface area contributed by atoms with E-state index in [1.165, 1.54) is 0 Å². The zero-order chi connectivity index (χ0) is 20.3. The standard InChI is InChI=1S/C22H21N5O2S/c28-22(15-3-6-27(7-4-15)13-21-24-5-8-29-21)26-20-10-18-9-16(19-12-23-14-30-19)1-2-17(18)11-25-20/h1-2,5,8-12,14-15H,3-4,6-7,13H2,(H,25,26,28). The minimum Gasteiger partial charge on any atom is -0.448 e. The topological polar surface area (TPSA) is 84.2 Å². The molecule has 1 saturated heterocycles. The molecule has 1 fully saturated rings. The summed E-state index contributed by atoms with van der Waals surface area (Å²) in [6.07, 6.45) is 8.55. The molecule has 0 saturated carbocycles. The van der Waals surface area contributed by atoms with Crippen LogP contribution in [0.5, 0.6) is 0 Å². The molecule has 1 aliphatic rings. The number of likely N-dealkylation sites (tertiary alicyclic amines) is 1. The van der Waals surface area contributed by atoms with Crippen LogP contribution in [0, 0.1) is 5.92 Å². The predicted octanol–water partition coefficient (Wildman–Crippen LogP) is 4.20. The number of carbonyl (C=O) groups excluding carboxylic acids is 1. The van der Waals surface area contributed by atoms with Crippen LogP contribution in [-0.4, -0.2) is 38.8 Å². The lowest BCUT2D eigenvalue weighted by atomic mass is 9.96. The summed E-state index contributed by atoms with van der Waals surface area (Å²) in [5, 5.41) is 5.10. The number of benzene rings is 1. The first-order valence-electron chi connectivity index (χ1n) is 9.95. The van der Waals surface area contributed by atoms with Crippen LogP contribution < -0.4 is 5.32 Å². The fraction of sp³-hybridized carbons (Fsp3) is 0.273. The van der Waals surface area contributed by atoms with E-state index in [4.69, 9.17) is 4.42 Å². The van der Waals surface area contributed by atoms with Gasteiger partial charge < -0.3 is 9.73 Å². The summed E-state index contributed by atoms with van der Waals surface area (Å²) in [7, 11) is 0. The third kappa shape index (κ3) is 4.10. The Hall–Kier alpha value is -3.10. The van der Waals surface area contributed by atoms with Crippen molar-refractivity contribution in [3.63, 3.8) is 0 Å². The van der Waals surface area contributed by atoms with Gasteiger partial charge in [0.25, 0.3) is 0 Å². The highest BCUT2D eigenvalue weighted by molar-refractivity contribution is 7.13. The SMILES string of the molecule is O=C(Nc1cc2cc(-c3cncs3)ccc2cn1)C1CCN(Cc2ncco2)CC1. The zero-order valence-electron chi connectivity index (χ0n) is 16.3. The largest absolute Gasteiger partial charge is 0.448 e. The van der Waals surface area contributed by atoms with Crippen molar-refractivity contribution in [2.75, 3.05) is 18.4 Å². The van der Waals surface area contributed by atoms with Crippen LogP contribution >= 0.6 is 11.3 Å². The van der Waals surface area contributed by atoms with Gasteiger partial charge in [0.05, 0.1) is 23.1 Å². The molecule has 0 spiro atoms. The number of nitrogens with one attached hydrogen (secondary N) is 1. The molecule has 0 radical (unpaired) electrons. The maximum absolute atomic E-state index is 12.8. The van der Waals surface area contributed by atoms with E-state index >= 15 is 0 Å². The highest BCUT2D eigenvalue weighted by Crippen LogP contribution is 2.28. The van der Waals surface area contributed by atoms with Crippen molar-refractivity contribution >= 4 is 33.8 Å². The summed E-state index contributed by atoms with van der Waals surface area (Å²) in [4.78, 5) is 28.9. The van der Waals surface area contributed by atoms with Gasteiger partial charge in [-0.2, -0.15) is 0 Å². The lowest BCUT2D eigenvalue weighted by Crippen LogP contribution is -2.37. The second-order valence-electron chi connectivity index (χ2n) is 7.46. The first kappa shape index (κ1) is 18.9. The summed E-state index contributed by atoms with van der Waals surface area (Å²) in [5.74, 6) is 1.34. The average Bonchev–Trinajstić information content (AvgIpc) is 3.48. The molecule has 1 aromatic carbocycles. The fourth-order valence-electron chi connectivity index (χ4n) is 3.82. The molecular weight excluding hydrogens is 398 g/mol. The lowest BCUT2D eigenvalue weighted by Gasteiger charge is -2.30. The number of thiazole rings is 1. The number of aromatic nitrogens is 3. The Bertz CT molecular complexity index is 1140. The van der Waals surface area contributed by atoms with Crippen LogP contribution in [0.15, 0.2) is 59.0 Å². The van der Waals surface area contributed by atoms with E-state index in [9.17, 15) is 4.79 Å². The number of pyridine rings is 1. The van der Waals surface area contributed by atoms with Gasteiger partial charge in [0.1, 0.15) is 12.1 Å². The maximum Gasteiger partial charge on any atom is 0.228 e. The smallest absolute Gasteiger partial charge is 0.228 e. The van der Waals surface area contributed by atoms with E-state index in [1.54, 1.807) is 30.0 Å². The second kappa shape index (κ2) is 8.33. The van der Waals surface area contributed by atoms with E-state index < -0.39 is 0 Å². The van der Waals surface area contributed by atoms with Crippen LogP contribution in [0.2, 0.25) is 0 Å². The molecule has 1 N–H and O–H groups in total. The summed E-state index contributed by atoms with van der Waals surface area (Å²) in [6.45, 7) is 2.39. The van der Waals surface area contributed by atoms with E-state index in [1.807, 2.05) is 23.8 Å². The van der Waals surface area contributed by atoms with Crippen molar-refractivity contribution in [3.8, 4) is 10.4 Å². The minimum absolute atomic E-state index is 0.00756. The number of oxazole rings is 1. The Balaban J connectivity index is 1.23. The van der Waals surface area contributed by atoms with E-state index in [0.717, 1.165) is 53.0 Å². The molecule has 5 rings (SSSR count). The molecule has 4 heterocycles. The first-order valence-corrected chi connectivity index (χ1v) is 10.8. The molecule has 30 heavy (non-hydrogen) atoms. The summed E-state index contributed by atoms with van der Waals surface area (Å²) in [5.41, 5.74) is 2.95. The van der Waals surface area contributed by atoms with E-state index in [0.29, 0.717) is 12.4 Å². The monoisotopic (exact) mass is 419 g/mol. The number of fused-ring (bicyclic) bond motifs is 1. The Morgan fingerprint density at radius 1 is 1.17 bits per heavy atom. The molecule has 7 nitrogen and oxygen atoms in total. The number of anilines is 1. The van der Waals surface area contributed by atoms with Crippen molar-refractivity contribution < 1.29 is 9.21 Å². The highest BCUT2D eigenvalue weighted by Gasteiger charge is 2.26. The molecule has 152 valence electrons. The first-order chi connectivity index (χ1) is 14.7. The van der Waals surface area contributed by atoms with Gasteiger partial charge in [0, 0.05) is 23.7 Å². The van der Waals surface area contributed by atoms with Gasteiger partial charge in [-0.25, -0.2) is 9.97 Å². The molecule has 0 aliphatic carbocycles. The van der Waals surface area contributed by atoms with Gasteiger partial charge in [-0.1, -0.05) is 12.1 Å². The van der Waals surface area contributed by atoms with Crippen LogP contribution in [-0.2, 0) is 11.3 Å². The molecular formula is C22H21N5O2S. The number of amides is 1. The van der Waals surface area contributed by atoms with Gasteiger partial charge in [0.2, 0.25) is 11.8 Å². The zero-order valence-corrected chi connectivity index (χ0v) is 17.1. The van der Waals surface area contributed by atoms with Crippen LogP contribution in [0.1, 0.15) is 18.7 Å². The fourth-order valence-corrected chi connectivity index (χ4v) is 4.44. The number of nitrogens with zero attached hydrogens (tertiary/aromatic N) is 4. The Morgan fingerprint density at radius 3 is 2.83 bits per heavy atom. The quantitative estimate of drug-likeness (QED) is 0.522. The molecule has 8 heteroatoms. The van der Waals surface area contributed by atoms with E-state index in [-0.39, 0.29) is 11.8 Å². The minimum atomic E-state index is -0.00756. The van der Waals surface area contributed by atoms with Crippen LogP contribution in [0.4, 0.5) is 5.82 Å². The van der Waals surface area contributed by atoms with Crippen LogP contribution in [0.25, 0.3) is 21.2 Å². The Labute approximate surface area is 177 Å². The molecule has 0 bridgehead atoms. The van der Waals surface area contributed by atoms with Gasteiger partial charge in [-0.05, 0) is 49.0 Å². The van der Waals surface area contributed by atoms with Gasteiger partial charge >= 0.3 is 0 Å². The highest BCUT2D eigenvalue weighted by atomic mass is 32.1. The molecule has 1 aliphatic heterocycles. The predicted molar refractivity (Wildman–Crippen MR) is 116 cm³/mol. The summed E-state index contributed by atoms with van der Waals surface area (Å²) < 4.78 is 5.31. The summed E-state index contributed by atoms with van der Waals surface area (Å²) >= 11 is 1.61. The van der Waals surface area contributed by atoms with Crippen LogP contribution in [0.3, 0.4) is 0 Å². The number of hydrogen-bond acceptors (Lipinski definition) is 7. The molecule has 0 unspecified atom stereocenters. The van der Waals surface area contributed by atoms with Crippen molar-refractivity contribution in [1.29, 1.82) is 0 Å². The van der Waals surface area contributed by atoms with Crippen molar-refractivity contribution in [1.82, 2.24) is 19.9 Å². The average molecular weight is 420 g/mol. The van der Waals surface area contributed by atoms with E-state index in [2.05, 4.69) is 37.3 Å². The molecule has 4 aromatic rings. The second-order valence-corrected chi connectivity index (χ2v) is 8.35. The third-order valence-electron chi connectivity index (χ3n) is 5.49. The number of hydrogen-bond donors (Lipinski definition) is 1. The maximum atomic E-state index is 12.8. The van der Waals surface area contributed by atoms with Crippen molar-refractivity contribution in [2.24, 2.45) is 5.92 Å². The van der Waals surface area contributed by atoms with Gasteiger partial charge in [0.15, 0.2) is 0 Å². The Kier molecular flexibility index (Phi) is 5.25. The van der Waals surface area contributed by atoms with Gasteiger partial charge in [-0.3, -0.25) is 14.7 Å². The third-order valence-corrected chi connectivity index (χ3v) is 6.31. The number of piperidine rings is 1.